The van der Waals surface area contributed by atoms with Crippen molar-refractivity contribution in [1.29, 1.82) is 0 Å². The molecule has 1 rings (SSSR count). The van der Waals surface area contributed by atoms with Crippen molar-refractivity contribution in [2.75, 3.05) is 19.8 Å². The third-order valence-electron chi connectivity index (χ3n) is 5.83. The first kappa shape index (κ1) is 27.8. The summed E-state index contributed by atoms with van der Waals surface area (Å²) in [6.07, 6.45) is 3.59. The van der Waals surface area contributed by atoms with Gasteiger partial charge in [-0.05, 0) is 69.4 Å². The van der Waals surface area contributed by atoms with E-state index in [1.54, 1.807) is 19.9 Å². The lowest BCUT2D eigenvalue weighted by Crippen LogP contribution is -2.22. The quantitative estimate of drug-likeness (QED) is 0.360. The molecule has 0 fully saturated rings. The Balaban J connectivity index is 3.05. The molecule has 0 bridgehead atoms. The average molecular weight is 451 g/mol. The minimum absolute atomic E-state index is 0.184. The number of benzene rings is 1. The average Bonchev–Trinajstić information content (AvgIpc) is 2.69. The van der Waals surface area contributed by atoms with Crippen molar-refractivity contribution < 1.29 is 28.9 Å². The Hall–Kier alpha value is -2.24. The van der Waals surface area contributed by atoms with Gasteiger partial charge in [0.25, 0.3) is 0 Å². The molecular formula is C26H42O6. The minimum atomic E-state index is -0.338. The van der Waals surface area contributed by atoms with E-state index in [4.69, 9.17) is 14.2 Å². The van der Waals surface area contributed by atoms with Crippen LogP contribution in [0.1, 0.15) is 98.1 Å². The molecular weight excluding hydrogens is 408 g/mol. The minimum Gasteiger partial charge on any atom is -0.508 e. The summed E-state index contributed by atoms with van der Waals surface area (Å²) in [5, 5.41) is 10.9. The van der Waals surface area contributed by atoms with E-state index in [9.17, 15) is 14.7 Å². The van der Waals surface area contributed by atoms with Gasteiger partial charge in [-0.2, -0.15) is 0 Å². The zero-order valence-electron chi connectivity index (χ0n) is 21.0. The molecule has 0 aliphatic heterocycles. The summed E-state index contributed by atoms with van der Waals surface area (Å²) in [7, 11) is 0. The van der Waals surface area contributed by atoms with Crippen LogP contribution in [-0.4, -0.2) is 36.9 Å². The molecule has 0 saturated heterocycles. The Morgan fingerprint density at radius 1 is 0.781 bits per heavy atom. The molecule has 0 aromatic heterocycles. The van der Waals surface area contributed by atoms with Gasteiger partial charge in [-0.1, -0.05) is 27.7 Å². The van der Waals surface area contributed by atoms with Gasteiger partial charge < -0.3 is 19.3 Å². The maximum Gasteiger partial charge on any atom is 0.305 e. The molecule has 0 spiro atoms. The van der Waals surface area contributed by atoms with Crippen LogP contribution < -0.4 is 4.74 Å². The predicted molar refractivity (Wildman–Crippen MR) is 126 cm³/mol. The van der Waals surface area contributed by atoms with Gasteiger partial charge in [0.1, 0.15) is 11.5 Å². The Morgan fingerprint density at radius 3 is 1.69 bits per heavy atom. The molecule has 32 heavy (non-hydrogen) atoms. The second-order valence-electron chi connectivity index (χ2n) is 9.38. The molecule has 6 heteroatoms. The van der Waals surface area contributed by atoms with E-state index in [0.717, 1.165) is 29.7 Å². The maximum absolute atomic E-state index is 11.7. The first-order chi connectivity index (χ1) is 15.0. The predicted octanol–water partition coefficient (Wildman–Crippen LogP) is 5.81. The van der Waals surface area contributed by atoms with E-state index < -0.39 is 0 Å². The number of hydrogen-bond donors (Lipinski definition) is 1. The Labute approximate surface area is 193 Å². The van der Waals surface area contributed by atoms with Crippen LogP contribution in [0.2, 0.25) is 0 Å². The monoisotopic (exact) mass is 450 g/mol. The summed E-state index contributed by atoms with van der Waals surface area (Å²) in [5.41, 5.74) is 1.10. The van der Waals surface area contributed by atoms with E-state index in [2.05, 4.69) is 27.7 Å². The highest BCUT2D eigenvalue weighted by molar-refractivity contribution is 5.69. The number of aromatic hydroxyl groups is 1. The first-order valence-electron chi connectivity index (χ1n) is 11.8. The van der Waals surface area contributed by atoms with Crippen molar-refractivity contribution in [2.24, 2.45) is 0 Å². The van der Waals surface area contributed by atoms with Crippen molar-refractivity contribution in [3.8, 4) is 11.5 Å². The summed E-state index contributed by atoms with van der Waals surface area (Å²) < 4.78 is 16.0. The summed E-state index contributed by atoms with van der Waals surface area (Å²) >= 11 is 0. The number of carbonyl (C=O) groups is 2. The summed E-state index contributed by atoms with van der Waals surface area (Å²) in [5.74, 6) is 0.599. The Bertz CT molecular complexity index is 751. The number of hydrogen-bond acceptors (Lipinski definition) is 6. The van der Waals surface area contributed by atoms with Crippen LogP contribution in [0.25, 0.3) is 0 Å². The number of ether oxygens (including phenoxy) is 3. The number of phenols is 1. The SMILES string of the molecule is CCOC(=O)CCCC(C)(C)c1cc(OCC)c(C(C)(C)CCCC(=O)OCC)cc1O. The molecule has 0 heterocycles. The smallest absolute Gasteiger partial charge is 0.305 e. The van der Waals surface area contributed by atoms with Gasteiger partial charge in [-0.3, -0.25) is 9.59 Å². The number of carbonyl (C=O) groups excluding carboxylic acids is 2. The van der Waals surface area contributed by atoms with Crippen LogP contribution in [0.15, 0.2) is 12.1 Å². The lowest BCUT2D eigenvalue weighted by Gasteiger charge is -2.31. The number of esters is 2. The second kappa shape index (κ2) is 12.7. The van der Waals surface area contributed by atoms with Crippen LogP contribution in [-0.2, 0) is 29.9 Å². The van der Waals surface area contributed by atoms with Crippen molar-refractivity contribution in [2.45, 2.75) is 97.8 Å². The van der Waals surface area contributed by atoms with E-state index in [1.165, 1.54) is 0 Å². The fourth-order valence-corrected chi connectivity index (χ4v) is 4.00. The molecule has 1 aromatic carbocycles. The van der Waals surface area contributed by atoms with Crippen LogP contribution in [0, 0.1) is 0 Å². The molecule has 1 aromatic rings. The third kappa shape index (κ3) is 8.36. The lowest BCUT2D eigenvalue weighted by atomic mass is 9.75. The molecule has 0 aliphatic rings. The molecule has 6 nitrogen and oxygen atoms in total. The third-order valence-corrected chi connectivity index (χ3v) is 5.83. The first-order valence-corrected chi connectivity index (χ1v) is 11.8. The van der Waals surface area contributed by atoms with Crippen LogP contribution in [0.3, 0.4) is 0 Å². The second-order valence-corrected chi connectivity index (χ2v) is 9.38. The highest BCUT2D eigenvalue weighted by atomic mass is 16.5. The van der Waals surface area contributed by atoms with Crippen molar-refractivity contribution >= 4 is 11.9 Å². The van der Waals surface area contributed by atoms with Crippen molar-refractivity contribution in [3.05, 3.63) is 23.3 Å². The van der Waals surface area contributed by atoms with E-state index >= 15 is 0 Å². The molecule has 1 N–H and O–H groups in total. The van der Waals surface area contributed by atoms with Gasteiger partial charge in [-0.25, -0.2) is 0 Å². The zero-order valence-corrected chi connectivity index (χ0v) is 21.0. The maximum atomic E-state index is 11.7. The molecule has 0 saturated carbocycles. The Kier molecular flexibility index (Phi) is 11.0. The van der Waals surface area contributed by atoms with Gasteiger partial charge in [0.15, 0.2) is 0 Å². The highest BCUT2D eigenvalue weighted by Gasteiger charge is 2.30. The summed E-state index contributed by atoms with van der Waals surface area (Å²) in [6.45, 7) is 15.2. The van der Waals surface area contributed by atoms with E-state index in [-0.39, 0.29) is 28.5 Å². The molecule has 0 atom stereocenters. The van der Waals surface area contributed by atoms with Gasteiger partial charge in [0.2, 0.25) is 0 Å². The van der Waals surface area contributed by atoms with Crippen LogP contribution in [0.5, 0.6) is 11.5 Å². The number of rotatable bonds is 14. The molecule has 0 radical (unpaired) electrons. The topological polar surface area (TPSA) is 82.1 Å². The van der Waals surface area contributed by atoms with E-state index in [0.29, 0.717) is 45.5 Å². The number of phenolic OH excluding ortho intramolecular Hbond substituents is 1. The standard InChI is InChI=1S/C26H42O6/c1-8-30-22-18-19(25(4,5)15-11-13-23(28)31-9-2)21(27)17-20(22)26(6,7)16-12-14-24(29)32-10-3/h17-18,27H,8-16H2,1-7H3. The summed E-state index contributed by atoms with van der Waals surface area (Å²) in [4.78, 5) is 23.4. The largest absolute Gasteiger partial charge is 0.508 e. The fourth-order valence-electron chi connectivity index (χ4n) is 4.00. The van der Waals surface area contributed by atoms with Gasteiger partial charge in [0.05, 0.1) is 19.8 Å². The molecule has 0 unspecified atom stereocenters. The Morgan fingerprint density at radius 2 is 1.25 bits per heavy atom. The summed E-state index contributed by atoms with van der Waals surface area (Å²) in [6, 6.07) is 3.74. The fraction of sp³-hybridized carbons (Fsp3) is 0.692. The van der Waals surface area contributed by atoms with E-state index in [1.807, 2.05) is 13.0 Å². The highest BCUT2D eigenvalue weighted by Crippen LogP contribution is 2.44. The van der Waals surface area contributed by atoms with Crippen molar-refractivity contribution in [3.63, 3.8) is 0 Å². The van der Waals surface area contributed by atoms with Crippen LogP contribution in [0.4, 0.5) is 0 Å². The van der Waals surface area contributed by atoms with Crippen LogP contribution >= 0.6 is 0 Å². The van der Waals surface area contributed by atoms with Gasteiger partial charge in [-0.15, -0.1) is 0 Å². The normalized spacial score (nSPS) is 11.8. The van der Waals surface area contributed by atoms with Crippen molar-refractivity contribution in [1.82, 2.24) is 0 Å². The molecule has 182 valence electrons. The van der Waals surface area contributed by atoms with Gasteiger partial charge in [0, 0.05) is 24.0 Å². The molecule has 0 amide bonds. The zero-order chi connectivity index (χ0) is 24.4. The van der Waals surface area contributed by atoms with Gasteiger partial charge >= 0.3 is 11.9 Å². The molecule has 0 aliphatic carbocycles. The lowest BCUT2D eigenvalue weighted by molar-refractivity contribution is -0.144.